The smallest absolute Gasteiger partial charge is 0.244 e. The van der Waals surface area contributed by atoms with Gasteiger partial charge in [-0.2, -0.15) is 0 Å². The summed E-state index contributed by atoms with van der Waals surface area (Å²) in [6, 6.07) is 10.6. The molecule has 1 atom stereocenters. The number of amides is 2. The van der Waals surface area contributed by atoms with Crippen LogP contribution in [0.25, 0.3) is 0 Å². The molecule has 1 fully saturated rings. The second-order valence-corrected chi connectivity index (χ2v) is 7.18. The first-order chi connectivity index (χ1) is 12.9. The van der Waals surface area contributed by atoms with Crippen molar-refractivity contribution in [2.45, 2.75) is 12.5 Å². The maximum atomic E-state index is 13.7. The second kappa shape index (κ2) is 8.25. The first-order valence-corrected chi connectivity index (χ1v) is 9.13. The van der Waals surface area contributed by atoms with E-state index < -0.39 is 17.8 Å². The summed E-state index contributed by atoms with van der Waals surface area (Å²) >= 11 is 12.0. The van der Waals surface area contributed by atoms with Crippen LogP contribution in [0.5, 0.6) is 0 Å². The van der Waals surface area contributed by atoms with E-state index in [1.54, 1.807) is 35.0 Å². The molecule has 1 aliphatic rings. The van der Waals surface area contributed by atoms with E-state index in [1.165, 1.54) is 18.2 Å². The van der Waals surface area contributed by atoms with E-state index >= 15 is 0 Å². The number of carbonyl (C=O) groups is 2. The monoisotopic (exact) mass is 409 g/mol. The quantitative estimate of drug-likeness (QED) is 0.816. The minimum Gasteiger partial charge on any atom is -0.322 e. The van der Waals surface area contributed by atoms with Crippen LogP contribution in [-0.4, -0.2) is 42.9 Å². The zero-order valence-electron chi connectivity index (χ0n) is 14.6. The topological polar surface area (TPSA) is 52.7 Å². The summed E-state index contributed by atoms with van der Waals surface area (Å²) < 4.78 is 13.7. The van der Waals surface area contributed by atoms with Gasteiger partial charge in [0.1, 0.15) is 5.82 Å². The highest BCUT2D eigenvalue weighted by molar-refractivity contribution is 6.34. The molecule has 0 aliphatic carbocycles. The number of rotatable bonds is 5. The standard InChI is InChI=1S/C19H18Cl2FN3O2/c1-24(11-18(26)23-15-10-12(20)6-7-14(15)22)17-8-9-25(19(17)27)16-5-3-2-4-13(16)21/h2-7,10,17H,8-9,11H2,1H3,(H,23,26). The number of para-hydroxylation sites is 1. The molecule has 1 aliphatic heterocycles. The van der Waals surface area contributed by atoms with E-state index in [-0.39, 0.29) is 18.1 Å². The zero-order valence-corrected chi connectivity index (χ0v) is 16.1. The van der Waals surface area contributed by atoms with Gasteiger partial charge in [-0.3, -0.25) is 14.5 Å². The van der Waals surface area contributed by atoms with Crippen LogP contribution in [0.2, 0.25) is 10.0 Å². The number of likely N-dealkylation sites (N-methyl/N-ethyl adjacent to an activating group) is 1. The number of anilines is 2. The molecule has 2 aromatic rings. The van der Waals surface area contributed by atoms with Gasteiger partial charge in [0.05, 0.1) is 29.0 Å². The molecular weight excluding hydrogens is 392 g/mol. The minimum absolute atomic E-state index is 0.0105. The minimum atomic E-state index is -0.572. The van der Waals surface area contributed by atoms with Crippen molar-refractivity contribution < 1.29 is 14.0 Å². The summed E-state index contributed by atoms with van der Waals surface area (Å²) in [7, 11) is 1.69. The molecule has 0 saturated carbocycles. The molecule has 0 aromatic heterocycles. The Kier molecular flexibility index (Phi) is 5.99. The van der Waals surface area contributed by atoms with Crippen molar-refractivity contribution in [1.29, 1.82) is 0 Å². The number of nitrogens with zero attached hydrogens (tertiary/aromatic N) is 2. The first kappa shape index (κ1) is 19.6. The Bertz CT molecular complexity index is 878. The van der Waals surface area contributed by atoms with Crippen LogP contribution < -0.4 is 10.2 Å². The molecule has 1 saturated heterocycles. The molecule has 5 nitrogen and oxygen atoms in total. The third-order valence-corrected chi connectivity index (χ3v) is 5.00. The molecule has 2 aromatic carbocycles. The molecule has 0 spiro atoms. The highest BCUT2D eigenvalue weighted by Gasteiger charge is 2.36. The van der Waals surface area contributed by atoms with Crippen LogP contribution in [-0.2, 0) is 9.59 Å². The van der Waals surface area contributed by atoms with Crippen LogP contribution in [0.4, 0.5) is 15.8 Å². The molecule has 0 bridgehead atoms. The van der Waals surface area contributed by atoms with Crippen molar-refractivity contribution in [1.82, 2.24) is 4.90 Å². The highest BCUT2D eigenvalue weighted by Crippen LogP contribution is 2.30. The van der Waals surface area contributed by atoms with Gasteiger partial charge in [0.25, 0.3) is 0 Å². The van der Waals surface area contributed by atoms with Crippen LogP contribution in [0.3, 0.4) is 0 Å². The molecule has 8 heteroatoms. The van der Waals surface area contributed by atoms with Gasteiger partial charge >= 0.3 is 0 Å². The van der Waals surface area contributed by atoms with Gasteiger partial charge in [0, 0.05) is 11.6 Å². The molecule has 27 heavy (non-hydrogen) atoms. The molecule has 1 N–H and O–H groups in total. The lowest BCUT2D eigenvalue weighted by Crippen LogP contribution is -2.43. The maximum absolute atomic E-state index is 13.7. The lowest BCUT2D eigenvalue weighted by molar-refractivity contribution is -0.123. The van der Waals surface area contributed by atoms with Gasteiger partial charge in [-0.25, -0.2) is 4.39 Å². The van der Waals surface area contributed by atoms with E-state index in [1.807, 2.05) is 6.07 Å². The Morgan fingerprint density at radius 2 is 2.04 bits per heavy atom. The number of nitrogens with one attached hydrogen (secondary N) is 1. The molecule has 0 radical (unpaired) electrons. The molecule has 1 unspecified atom stereocenters. The van der Waals surface area contributed by atoms with Crippen LogP contribution in [0.1, 0.15) is 6.42 Å². The summed E-state index contributed by atoms with van der Waals surface area (Å²) in [5.74, 6) is -1.12. The Labute approximate surface area is 166 Å². The second-order valence-electron chi connectivity index (χ2n) is 6.33. The SMILES string of the molecule is CN(CC(=O)Nc1cc(Cl)ccc1F)C1CCN(c2ccccc2Cl)C1=O. The van der Waals surface area contributed by atoms with Crippen molar-refractivity contribution >= 4 is 46.4 Å². The van der Waals surface area contributed by atoms with E-state index in [0.29, 0.717) is 28.7 Å². The summed E-state index contributed by atoms with van der Waals surface area (Å²) in [5.41, 5.74) is 0.668. The van der Waals surface area contributed by atoms with Crippen molar-refractivity contribution in [3.63, 3.8) is 0 Å². The van der Waals surface area contributed by atoms with Crippen LogP contribution in [0.15, 0.2) is 42.5 Å². The molecule has 3 rings (SSSR count). The fraction of sp³-hybridized carbons (Fsp3) is 0.263. The van der Waals surface area contributed by atoms with Crippen molar-refractivity contribution in [3.8, 4) is 0 Å². The van der Waals surface area contributed by atoms with Crippen molar-refractivity contribution in [2.75, 3.05) is 30.4 Å². The van der Waals surface area contributed by atoms with Gasteiger partial charge in [-0.1, -0.05) is 35.3 Å². The first-order valence-electron chi connectivity index (χ1n) is 8.38. The molecular formula is C19H18Cl2FN3O2. The Morgan fingerprint density at radius 1 is 1.30 bits per heavy atom. The molecule has 142 valence electrons. The van der Waals surface area contributed by atoms with Crippen molar-refractivity contribution in [3.05, 3.63) is 58.3 Å². The van der Waals surface area contributed by atoms with Crippen LogP contribution in [0, 0.1) is 5.82 Å². The number of hydrogen-bond acceptors (Lipinski definition) is 3. The predicted octanol–water partition coefficient (Wildman–Crippen LogP) is 3.81. The fourth-order valence-electron chi connectivity index (χ4n) is 3.10. The number of hydrogen-bond donors (Lipinski definition) is 1. The zero-order chi connectivity index (χ0) is 19.6. The van der Waals surface area contributed by atoms with Gasteiger partial charge in [-0.15, -0.1) is 0 Å². The molecule has 2 amide bonds. The Balaban J connectivity index is 1.64. The third kappa shape index (κ3) is 4.40. The maximum Gasteiger partial charge on any atom is 0.244 e. The fourth-order valence-corrected chi connectivity index (χ4v) is 3.51. The Morgan fingerprint density at radius 3 is 2.78 bits per heavy atom. The highest BCUT2D eigenvalue weighted by atomic mass is 35.5. The summed E-state index contributed by atoms with van der Waals surface area (Å²) in [6.07, 6.45) is 0.569. The van der Waals surface area contributed by atoms with Gasteiger partial charge < -0.3 is 10.2 Å². The van der Waals surface area contributed by atoms with Gasteiger partial charge in [-0.05, 0) is 43.8 Å². The Hall–Kier alpha value is -2.15. The van der Waals surface area contributed by atoms with Gasteiger partial charge in [0.15, 0.2) is 0 Å². The normalized spacial score (nSPS) is 16.9. The average molecular weight is 410 g/mol. The van der Waals surface area contributed by atoms with Crippen LogP contribution >= 0.6 is 23.2 Å². The largest absolute Gasteiger partial charge is 0.322 e. The van der Waals surface area contributed by atoms with Gasteiger partial charge in [0.2, 0.25) is 11.8 Å². The van der Waals surface area contributed by atoms with E-state index in [4.69, 9.17) is 23.2 Å². The van der Waals surface area contributed by atoms with E-state index in [9.17, 15) is 14.0 Å². The van der Waals surface area contributed by atoms with E-state index in [2.05, 4.69) is 5.32 Å². The number of carbonyl (C=O) groups excluding carboxylic acids is 2. The lowest BCUT2D eigenvalue weighted by atomic mass is 10.2. The molecule has 1 heterocycles. The third-order valence-electron chi connectivity index (χ3n) is 4.45. The summed E-state index contributed by atoms with van der Waals surface area (Å²) in [5, 5.41) is 3.31. The summed E-state index contributed by atoms with van der Waals surface area (Å²) in [6.45, 7) is 0.459. The van der Waals surface area contributed by atoms with Crippen molar-refractivity contribution in [2.24, 2.45) is 0 Å². The number of halogens is 3. The average Bonchev–Trinajstić information content (AvgIpc) is 3.00. The number of benzene rings is 2. The summed E-state index contributed by atoms with van der Waals surface area (Å²) in [4.78, 5) is 28.3. The van der Waals surface area contributed by atoms with E-state index in [0.717, 1.165) is 0 Å². The lowest BCUT2D eigenvalue weighted by Gasteiger charge is -2.23. The predicted molar refractivity (Wildman–Crippen MR) is 105 cm³/mol.